The largest absolute Gasteiger partial charge is 0.444 e. The lowest BCUT2D eigenvalue weighted by molar-refractivity contribution is 0.0201. The number of amides is 1. The lowest BCUT2D eigenvalue weighted by Crippen LogP contribution is -2.36. The monoisotopic (exact) mass is 375 g/mol. The van der Waals surface area contributed by atoms with Gasteiger partial charge in [-0.1, -0.05) is 36.0 Å². The number of thioether (sulfide) groups is 1. The molecule has 0 saturated carbocycles. The van der Waals surface area contributed by atoms with Crippen LogP contribution in [0.3, 0.4) is 0 Å². The second-order valence-electron chi connectivity index (χ2n) is 7.45. The van der Waals surface area contributed by atoms with Crippen molar-refractivity contribution in [2.75, 3.05) is 6.54 Å². The molecule has 1 atom stereocenters. The van der Waals surface area contributed by atoms with E-state index in [9.17, 15) is 4.79 Å². The molecule has 2 aromatic rings. The van der Waals surface area contributed by atoms with Gasteiger partial charge in [-0.2, -0.15) is 0 Å². The zero-order chi connectivity index (χ0) is 18.7. The highest BCUT2D eigenvalue weighted by atomic mass is 32.2. The van der Waals surface area contributed by atoms with E-state index in [4.69, 9.17) is 9.15 Å². The van der Waals surface area contributed by atoms with E-state index in [0.29, 0.717) is 17.7 Å². The zero-order valence-corrected chi connectivity index (χ0v) is 16.5. The van der Waals surface area contributed by atoms with Gasteiger partial charge in [0.15, 0.2) is 0 Å². The summed E-state index contributed by atoms with van der Waals surface area (Å²) >= 11 is 1.51. The van der Waals surface area contributed by atoms with Crippen molar-refractivity contribution in [2.45, 2.75) is 63.2 Å². The third kappa shape index (κ3) is 4.58. The average Bonchev–Trinajstić information content (AvgIpc) is 3.21. The number of nitrogens with zero attached hydrogens (tertiary/aromatic N) is 3. The molecule has 1 aliphatic rings. The first-order valence-electron chi connectivity index (χ1n) is 8.84. The van der Waals surface area contributed by atoms with Gasteiger partial charge in [-0.15, -0.1) is 10.2 Å². The number of carbonyl (C=O) groups excluding carboxylic acids is 1. The van der Waals surface area contributed by atoms with Crippen LogP contribution in [0.1, 0.15) is 56.7 Å². The molecule has 0 N–H and O–H groups in total. The highest BCUT2D eigenvalue weighted by Gasteiger charge is 2.36. The number of likely N-dealkylation sites (tertiary alicyclic amines) is 1. The number of aromatic nitrogens is 2. The van der Waals surface area contributed by atoms with E-state index in [1.165, 1.54) is 22.9 Å². The van der Waals surface area contributed by atoms with E-state index >= 15 is 0 Å². The Morgan fingerprint density at radius 3 is 2.85 bits per heavy atom. The van der Waals surface area contributed by atoms with Crippen LogP contribution in [-0.4, -0.2) is 33.3 Å². The molecule has 1 saturated heterocycles. The lowest BCUT2D eigenvalue weighted by Gasteiger charge is -2.27. The Kier molecular flexibility index (Phi) is 5.55. The summed E-state index contributed by atoms with van der Waals surface area (Å²) in [6.07, 6.45) is 1.38. The third-order valence-corrected chi connectivity index (χ3v) is 5.07. The number of rotatable bonds is 4. The molecular formula is C19H25N3O3S. The molecule has 6 nitrogen and oxygen atoms in total. The second-order valence-corrected chi connectivity index (χ2v) is 8.38. The average molecular weight is 375 g/mol. The van der Waals surface area contributed by atoms with Crippen LogP contribution in [0.5, 0.6) is 0 Å². The predicted molar refractivity (Wildman–Crippen MR) is 100.0 cm³/mol. The number of ether oxygens (including phenoxy) is 1. The summed E-state index contributed by atoms with van der Waals surface area (Å²) < 4.78 is 11.3. The van der Waals surface area contributed by atoms with Gasteiger partial charge in [-0.25, -0.2) is 4.79 Å². The fourth-order valence-electron chi connectivity index (χ4n) is 2.89. The summed E-state index contributed by atoms with van der Waals surface area (Å²) in [5.41, 5.74) is 1.97. The maximum atomic E-state index is 12.4. The van der Waals surface area contributed by atoms with Gasteiger partial charge in [0.05, 0.1) is 0 Å². The Labute approximate surface area is 158 Å². The minimum Gasteiger partial charge on any atom is -0.444 e. The Morgan fingerprint density at radius 2 is 2.12 bits per heavy atom. The molecule has 1 amide bonds. The molecule has 1 aromatic heterocycles. The third-order valence-electron chi connectivity index (χ3n) is 4.20. The molecule has 2 heterocycles. The molecule has 7 heteroatoms. The molecule has 0 spiro atoms. The Morgan fingerprint density at radius 1 is 1.35 bits per heavy atom. The molecule has 0 aliphatic carbocycles. The molecule has 0 radical (unpaired) electrons. The lowest BCUT2D eigenvalue weighted by atomic mass is 10.1. The minimum atomic E-state index is -0.520. The van der Waals surface area contributed by atoms with E-state index in [0.717, 1.165) is 18.6 Å². The number of aryl methyl sites for hydroxylation is 1. The normalized spacial score (nSPS) is 17.5. The highest BCUT2D eigenvalue weighted by Crippen LogP contribution is 2.34. The highest BCUT2D eigenvalue weighted by molar-refractivity contribution is 7.98. The Hall–Kier alpha value is -2.02. The van der Waals surface area contributed by atoms with E-state index in [1.807, 2.05) is 32.9 Å². The standard InChI is InChI=1S/C19H25N3O3S/c1-13-8-5-6-9-14(13)12-26-17-21-20-16(24-17)15-10-7-11-22(15)18(23)25-19(2,3)4/h5-6,8-9,15H,7,10-12H2,1-4H3/t15-/m1/s1. The van der Waals surface area contributed by atoms with Crippen molar-refractivity contribution in [3.8, 4) is 0 Å². The van der Waals surface area contributed by atoms with Crippen molar-refractivity contribution < 1.29 is 13.9 Å². The van der Waals surface area contributed by atoms with Gasteiger partial charge in [0, 0.05) is 12.3 Å². The van der Waals surface area contributed by atoms with Gasteiger partial charge in [0.2, 0.25) is 5.89 Å². The molecule has 0 unspecified atom stereocenters. The van der Waals surface area contributed by atoms with Crippen molar-refractivity contribution in [3.63, 3.8) is 0 Å². The fraction of sp³-hybridized carbons (Fsp3) is 0.526. The molecule has 1 fully saturated rings. The van der Waals surface area contributed by atoms with E-state index < -0.39 is 5.60 Å². The van der Waals surface area contributed by atoms with Crippen molar-refractivity contribution in [3.05, 3.63) is 41.3 Å². The molecular weight excluding hydrogens is 350 g/mol. The summed E-state index contributed by atoms with van der Waals surface area (Å²) in [4.78, 5) is 14.1. The zero-order valence-electron chi connectivity index (χ0n) is 15.7. The van der Waals surface area contributed by atoms with Crippen molar-refractivity contribution >= 4 is 17.9 Å². The number of carbonyl (C=O) groups is 1. The van der Waals surface area contributed by atoms with E-state index in [2.05, 4.69) is 29.3 Å². The minimum absolute atomic E-state index is 0.204. The summed E-state index contributed by atoms with van der Waals surface area (Å²) in [7, 11) is 0. The van der Waals surface area contributed by atoms with Gasteiger partial charge in [0.1, 0.15) is 11.6 Å². The molecule has 140 valence electrons. The maximum absolute atomic E-state index is 12.4. The first kappa shape index (κ1) is 18.8. The fourth-order valence-corrected chi connectivity index (χ4v) is 3.73. The smallest absolute Gasteiger partial charge is 0.410 e. The number of hydrogen-bond donors (Lipinski definition) is 0. The molecule has 0 bridgehead atoms. The van der Waals surface area contributed by atoms with Crippen molar-refractivity contribution in [1.82, 2.24) is 15.1 Å². The van der Waals surface area contributed by atoms with Gasteiger partial charge in [-0.05, 0) is 51.7 Å². The van der Waals surface area contributed by atoms with Gasteiger partial charge >= 0.3 is 6.09 Å². The van der Waals surface area contributed by atoms with Crippen LogP contribution in [0.2, 0.25) is 0 Å². The molecule has 1 aromatic carbocycles. The Bertz CT molecular complexity index is 769. The maximum Gasteiger partial charge on any atom is 0.410 e. The summed E-state index contributed by atoms with van der Waals surface area (Å²) in [5, 5.41) is 8.84. The van der Waals surface area contributed by atoms with Crippen LogP contribution in [0.4, 0.5) is 4.79 Å². The summed E-state index contributed by atoms with van der Waals surface area (Å²) in [5.74, 6) is 1.26. The van der Waals surface area contributed by atoms with Gasteiger partial charge in [0.25, 0.3) is 5.22 Å². The first-order chi connectivity index (χ1) is 12.3. The van der Waals surface area contributed by atoms with E-state index in [-0.39, 0.29) is 12.1 Å². The predicted octanol–water partition coefficient (Wildman–Crippen LogP) is 4.74. The van der Waals surface area contributed by atoms with Crippen LogP contribution in [-0.2, 0) is 10.5 Å². The van der Waals surface area contributed by atoms with Crippen molar-refractivity contribution in [1.29, 1.82) is 0 Å². The topological polar surface area (TPSA) is 68.5 Å². The molecule has 3 rings (SSSR count). The van der Waals surface area contributed by atoms with Crippen LogP contribution >= 0.6 is 11.8 Å². The SMILES string of the molecule is Cc1ccccc1CSc1nnc([C@H]2CCCN2C(=O)OC(C)(C)C)o1. The summed E-state index contributed by atoms with van der Waals surface area (Å²) in [6, 6.07) is 8.04. The Balaban J connectivity index is 1.65. The number of benzene rings is 1. The van der Waals surface area contributed by atoms with Crippen LogP contribution in [0.15, 0.2) is 33.9 Å². The number of hydrogen-bond acceptors (Lipinski definition) is 6. The quantitative estimate of drug-likeness (QED) is 0.719. The molecule has 1 aliphatic heterocycles. The van der Waals surface area contributed by atoms with Crippen molar-refractivity contribution in [2.24, 2.45) is 0 Å². The van der Waals surface area contributed by atoms with Crippen LogP contribution in [0, 0.1) is 6.92 Å². The van der Waals surface area contributed by atoms with Gasteiger partial charge < -0.3 is 9.15 Å². The summed E-state index contributed by atoms with van der Waals surface area (Å²) in [6.45, 7) is 8.33. The second kappa shape index (κ2) is 7.70. The van der Waals surface area contributed by atoms with E-state index in [1.54, 1.807) is 4.90 Å². The van der Waals surface area contributed by atoms with Gasteiger partial charge in [-0.3, -0.25) is 4.90 Å². The first-order valence-corrected chi connectivity index (χ1v) is 9.82. The van der Waals surface area contributed by atoms with Crippen LogP contribution in [0.25, 0.3) is 0 Å². The molecule has 26 heavy (non-hydrogen) atoms. The van der Waals surface area contributed by atoms with Crippen LogP contribution < -0.4 is 0 Å².